The molecule has 1 N–H and O–H groups in total. The number of rotatable bonds is 4. The zero-order valence-corrected chi connectivity index (χ0v) is 11.2. The number of hydrogen-bond donors (Lipinski definition) is 1. The molecule has 3 aromatic rings. The van der Waals surface area contributed by atoms with E-state index in [1.807, 2.05) is 36.1 Å². The van der Waals surface area contributed by atoms with Crippen LogP contribution in [0.4, 0.5) is 0 Å². The largest absolute Gasteiger partial charge is 0.478 e. The van der Waals surface area contributed by atoms with E-state index in [9.17, 15) is 4.79 Å². The van der Waals surface area contributed by atoms with Crippen LogP contribution in [0.1, 0.15) is 16.2 Å². The molecule has 0 atom stereocenters. The third kappa shape index (κ3) is 2.18. The smallest absolute Gasteiger partial charge is 0.335 e. The number of nitrogens with zero attached hydrogens (tertiary/aromatic N) is 3. The van der Waals surface area contributed by atoms with Crippen LogP contribution in [-0.4, -0.2) is 25.2 Å². The molecule has 20 heavy (non-hydrogen) atoms. The molecule has 0 fully saturated rings. The number of carbonyl (C=O) groups is 1. The summed E-state index contributed by atoms with van der Waals surface area (Å²) >= 11 is 0. The number of benzene rings is 1. The van der Waals surface area contributed by atoms with Gasteiger partial charge >= 0.3 is 5.97 Å². The highest BCUT2D eigenvalue weighted by molar-refractivity contribution is 5.93. The molecule has 102 valence electrons. The van der Waals surface area contributed by atoms with Crippen molar-refractivity contribution in [2.45, 2.75) is 13.0 Å². The van der Waals surface area contributed by atoms with Crippen molar-refractivity contribution in [2.75, 3.05) is 0 Å². The van der Waals surface area contributed by atoms with Gasteiger partial charge in [-0.15, -0.1) is 0 Å². The van der Waals surface area contributed by atoms with E-state index in [0.29, 0.717) is 5.56 Å². The minimum atomic E-state index is -0.896. The molecule has 0 saturated heterocycles. The molecular weight excluding hydrogens is 254 g/mol. The van der Waals surface area contributed by atoms with Crippen molar-refractivity contribution < 1.29 is 9.90 Å². The van der Waals surface area contributed by atoms with Crippen LogP contribution < -0.4 is 0 Å². The highest BCUT2D eigenvalue weighted by atomic mass is 16.4. The number of fused-ring (bicyclic) bond motifs is 1. The lowest BCUT2D eigenvalue weighted by atomic mass is 10.1. The molecule has 2 heterocycles. The molecule has 0 spiro atoms. The first-order valence-electron chi connectivity index (χ1n) is 6.43. The quantitative estimate of drug-likeness (QED) is 0.790. The summed E-state index contributed by atoms with van der Waals surface area (Å²) in [5, 5.41) is 9.94. The Balaban J connectivity index is 1.85. The summed E-state index contributed by atoms with van der Waals surface area (Å²) in [6.07, 6.45) is 6.55. The van der Waals surface area contributed by atoms with Crippen LogP contribution in [0.5, 0.6) is 0 Å². The molecular formula is C15H15N3O2. The normalized spacial score (nSPS) is 11.1. The van der Waals surface area contributed by atoms with E-state index in [1.54, 1.807) is 18.3 Å². The molecule has 0 aliphatic carbocycles. The number of aromatic nitrogens is 3. The first kappa shape index (κ1) is 12.5. The van der Waals surface area contributed by atoms with Crippen LogP contribution in [0.15, 0.2) is 42.9 Å². The molecule has 0 bridgehead atoms. The Bertz CT molecular complexity index is 770. The highest BCUT2D eigenvalue weighted by Crippen LogP contribution is 2.18. The van der Waals surface area contributed by atoms with Crippen molar-refractivity contribution in [3.63, 3.8) is 0 Å². The number of aromatic carboxylic acids is 1. The van der Waals surface area contributed by atoms with E-state index in [4.69, 9.17) is 5.11 Å². The van der Waals surface area contributed by atoms with Crippen molar-refractivity contribution in [3.8, 4) is 0 Å². The third-order valence-corrected chi connectivity index (χ3v) is 3.52. The minimum Gasteiger partial charge on any atom is -0.478 e. The topological polar surface area (TPSA) is 60.0 Å². The molecule has 2 aromatic heterocycles. The molecule has 0 saturated carbocycles. The first-order chi connectivity index (χ1) is 9.65. The second-order valence-corrected chi connectivity index (χ2v) is 4.79. The van der Waals surface area contributed by atoms with Gasteiger partial charge in [-0.3, -0.25) is 0 Å². The zero-order chi connectivity index (χ0) is 14.1. The molecule has 0 radical (unpaired) electrons. The molecule has 5 nitrogen and oxygen atoms in total. The van der Waals surface area contributed by atoms with Crippen molar-refractivity contribution in [1.82, 2.24) is 14.1 Å². The summed E-state index contributed by atoms with van der Waals surface area (Å²) in [7, 11) is 1.98. The summed E-state index contributed by atoms with van der Waals surface area (Å²) in [5.74, 6) is 0.140. The maximum absolute atomic E-state index is 11.0. The molecule has 0 unspecified atom stereocenters. The molecule has 5 heteroatoms. The summed E-state index contributed by atoms with van der Waals surface area (Å²) < 4.78 is 4.13. The summed E-state index contributed by atoms with van der Waals surface area (Å²) in [6, 6.07) is 7.15. The maximum Gasteiger partial charge on any atom is 0.335 e. The Hall–Kier alpha value is -2.56. The monoisotopic (exact) mass is 269 g/mol. The van der Waals surface area contributed by atoms with Gasteiger partial charge in [-0.1, -0.05) is 0 Å². The Kier molecular flexibility index (Phi) is 3.02. The number of carboxylic acids is 1. The third-order valence-electron chi connectivity index (χ3n) is 3.52. The average Bonchev–Trinajstić information content (AvgIpc) is 3.02. The second-order valence-electron chi connectivity index (χ2n) is 4.79. The Morgan fingerprint density at radius 3 is 2.85 bits per heavy atom. The van der Waals surface area contributed by atoms with E-state index in [-0.39, 0.29) is 0 Å². The van der Waals surface area contributed by atoms with Gasteiger partial charge in [0.05, 0.1) is 5.56 Å². The van der Waals surface area contributed by atoms with E-state index in [2.05, 4.69) is 9.55 Å². The van der Waals surface area contributed by atoms with E-state index < -0.39 is 5.97 Å². The fourth-order valence-corrected chi connectivity index (χ4v) is 2.39. The van der Waals surface area contributed by atoms with Crippen LogP contribution in [0, 0.1) is 0 Å². The van der Waals surface area contributed by atoms with Gasteiger partial charge in [0.1, 0.15) is 5.82 Å². The Morgan fingerprint density at radius 1 is 1.30 bits per heavy atom. The maximum atomic E-state index is 11.0. The average molecular weight is 269 g/mol. The molecule has 0 aliphatic heterocycles. The van der Waals surface area contributed by atoms with Crippen molar-refractivity contribution >= 4 is 16.9 Å². The van der Waals surface area contributed by atoms with Crippen molar-refractivity contribution in [1.29, 1.82) is 0 Å². The predicted octanol–water partition coefficient (Wildman–Crippen LogP) is 2.32. The van der Waals surface area contributed by atoms with Crippen LogP contribution in [-0.2, 0) is 20.0 Å². The number of carboxylic acid groups (broad SMARTS) is 1. The van der Waals surface area contributed by atoms with Crippen LogP contribution in [0.25, 0.3) is 10.9 Å². The summed E-state index contributed by atoms with van der Waals surface area (Å²) in [4.78, 5) is 15.3. The minimum absolute atomic E-state index is 0.319. The van der Waals surface area contributed by atoms with Gasteiger partial charge in [-0.05, 0) is 24.3 Å². The number of imidazole rings is 1. The lowest BCUT2D eigenvalue weighted by molar-refractivity contribution is 0.0697. The van der Waals surface area contributed by atoms with Crippen molar-refractivity contribution in [3.05, 3.63) is 54.2 Å². The second kappa shape index (κ2) is 4.85. The van der Waals surface area contributed by atoms with Gasteiger partial charge in [-0.25, -0.2) is 9.78 Å². The predicted molar refractivity (Wildman–Crippen MR) is 75.8 cm³/mol. The van der Waals surface area contributed by atoms with Gasteiger partial charge in [-0.2, -0.15) is 0 Å². The summed E-state index contributed by atoms with van der Waals surface area (Å²) in [5.41, 5.74) is 1.36. The van der Waals surface area contributed by atoms with Crippen LogP contribution >= 0.6 is 0 Å². The van der Waals surface area contributed by atoms with E-state index in [0.717, 1.165) is 29.7 Å². The van der Waals surface area contributed by atoms with Crippen LogP contribution in [0.3, 0.4) is 0 Å². The van der Waals surface area contributed by atoms with Gasteiger partial charge < -0.3 is 14.2 Å². The van der Waals surface area contributed by atoms with Crippen LogP contribution in [0.2, 0.25) is 0 Å². The highest BCUT2D eigenvalue weighted by Gasteiger charge is 2.07. The zero-order valence-electron chi connectivity index (χ0n) is 11.2. The SMILES string of the molecule is Cn1ccnc1CCn1ccc2cc(C(=O)O)ccc21. The number of hydrogen-bond acceptors (Lipinski definition) is 2. The van der Waals surface area contributed by atoms with Gasteiger partial charge in [0.2, 0.25) is 0 Å². The molecule has 0 aliphatic rings. The fourth-order valence-electron chi connectivity index (χ4n) is 2.39. The van der Waals surface area contributed by atoms with Gasteiger partial charge in [0.25, 0.3) is 0 Å². The van der Waals surface area contributed by atoms with E-state index in [1.165, 1.54) is 0 Å². The standard InChI is InChI=1S/C15H15N3O2/c1-17-9-6-16-14(17)5-8-18-7-4-11-10-12(15(19)20)2-3-13(11)18/h2-4,6-7,9-10H,5,8H2,1H3,(H,19,20). The number of aryl methyl sites for hydroxylation is 3. The van der Waals surface area contributed by atoms with Gasteiger partial charge in [0.15, 0.2) is 0 Å². The molecule has 3 rings (SSSR count). The molecule has 1 aromatic carbocycles. The fraction of sp³-hybridized carbons (Fsp3) is 0.200. The summed E-state index contributed by atoms with van der Waals surface area (Å²) in [6.45, 7) is 0.820. The lowest BCUT2D eigenvalue weighted by Gasteiger charge is -2.06. The van der Waals surface area contributed by atoms with Crippen molar-refractivity contribution in [2.24, 2.45) is 7.05 Å². The molecule has 0 amide bonds. The Morgan fingerprint density at radius 2 is 2.15 bits per heavy atom. The van der Waals surface area contributed by atoms with E-state index >= 15 is 0 Å². The lowest BCUT2D eigenvalue weighted by Crippen LogP contribution is -2.04. The van der Waals surface area contributed by atoms with Gasteiger partial charge in [0, 0.05) is 49.5 Å². The Labute approximate surface area is 116 Å². The first-order valence-corrected chi connectivity index (χ1v) is 6.43.